The molecular weight excluding hydrogens is 210 g/mol. The third-order valence-electron chi connectivity index (χ3n) is 2.90. The van der Waals surface area contributed by atoms with Crippen LogP contribution >= 0.6 is 0 Å². The summed E-state index contributed by atoms with van der Waals surface area (Å²) in [6.45, 7) is 4.03. The summed E-state index contributed by atoms with van der Waals surface area (Å²) in [5, 5.41) is 0.971. The van der Waals surface area contributed by atoms with E-state index in [1.165, 1.54) is 0 Å². The lowest BCUT2D eigenvalue weighted by molar-refractivity contribution is 0.0981. The Morgan fingerprint density at radius 2 is 2.06 bits per heavy atom. The summed E-state index contributed by atoms with van der Waals surface area (Å²) >= 11 is 0. The second-order valence-electron chi connectivity index (χ2n) is 4.36. The number of pyridine rings is 1. The smallest absolute Gasteiger partial charge is 0.163 e. The van der Waals surface area contributed by atoms with Gasteiger partial charge >= 0.3 is 0 Å². The third-order valence-corrected chi connectivity index (χ3v) is 2.90. The summed E-state index contributed by atoms with van der Waals surface area (Å²) in [4.78, 5) is 16.6. The molecule has 0 fully saturated rings. The Balaban J connectivity index is 2.48. The quantitative estimate of drug-likeness (QED) is 0.741. The predicted octanol–water partition coefficient (Wildman–Crippen LogP) is 3.92. The van der Waals surface area contributed by atoms with Gasteiger partial charge in [-0.1, -0.05) is 31.5 Å². The SMILES string of the molecule is CCCCC(=O)c1cc(C)nc2ccccc12. The number of carbonyl (C=O) groups excluding carboxylic acids is 1. The van der Waals surface area contributed by atoms with Crippen molar-refractivity contribution in [3.05, 3.63) is 41.6 Å². The lowest BCUT2D eigenvalue weighted by Crippen LogP contribution is -2.01. The lowest BCUT2D eigenvalue weighted by atomic mass is 10.0. The molecule has 0 aliphatic carbocycles. The van der Waals surface area contributed by atoms with E-state index in [1.54, 1.807) is 0 Å². The molecular formula is C15H17NO. The fraction of sp³-hybridized carbons (Fsp3) is 0.333. The maximum absolute atomic E-state index is 12.1. The molecule has 2 rings (SSSR count). The summed E-state index contributed by atoms with van der Waals surface area (Å²) < 4.78 is 0. The molecule has 0 N–H and O–H groups in total. The maximum Gasteiger partial charge on any atom is 0.163 e. The largest absolute Gasteiger partial charge is 0.294 e. The molecule has 0 atom stereocenters. The Morgan fingerprint density at radius 3 is 2.82 bits per heavy atom. The molecule has 0 aliphatic rings. The highest BCUT2D eigenvalue weighted by Crippen LogP contribution is 2.20. The minimum absolute atomic E-state index is 0.230. The molecule has 1 aromatic heterocycles. The number of ketones is 1. The van der Waals surface area contributed by atoms with Gasteiger partial charge in [0.2, 0.25) is 0 Å². The van der Waals surface area contributed by atoms with Crippen molar-refractivity contribution in [2.45, 2.75) is 33.1 Å². The minimum atomic E-state index is 0.230. The van der Waals surface area contributed by atoms with E-state index in [0.717, 1.165) is 35.0 Å². The van der Waals surface area contributed by atoms with Crippen LogP contribution in [0.25, 0.3) is 10.9 Å². The van der Waals surface area contributed by atoms with Gasteiger partial charge in [0.1, 0.15) is 0 Å². The molecule has 2 heteroatoms. The molecule has 2 aromatic rings. The number of Topliss-reactive ketones (excluding diaryl/α,β-unsaturated/α-hetero) is 1. The first kappa shape index (κ1) is 11.8. The highest BCUT2D eigenvalue weighted by molar-refractivity contribution is 6.07. The number of aryl methyl sites for hydroxylation is 1. The molecule has 1 aromatic carbocycles. The molecule has 0 radical (unpaired) electrons. The van der Waals surface area contributed by atoms with E-state index in [4.69, 9.17) is 0 Å². The monoisotopic (exact) mass is 227 g/mol. The van der Waals surface area contributed by atoms with E-state index in [2.05, 4.69) is 11.9 Å². The average Bonchev–Trinajstić information content (AvgIpc) is 2.34. The predicted molar refractivity (Wildman–Crippen MR) is 70.3 cm³/mol. The van der Waals surface area contributed by atoms with Crippen LogP contribution in [0.4, 0.5) is 0 Å². The van der Waals surface area contributed by atoms with Crippen molar-refractivity contribution in [3.8, 4) is 0 Å². The molecule has 0 aliphatic heterocycles. The van der Waals surface area contributed by atoms with Gasteiger partial charge in [0, 0.05) is 23.1 Å². The molecule has 0 bridgehead atoms. The van der Waals surface area contributed by atoms with Gasteiger partial charge in [-0.3, -0.25) is 9.78 Å². The Kier molecular flexibility index (Phi) is 3.52. The zero-order valence-electron chi connectivity index (χ0n) is 10.4. The van der Waals surface area contributed by atoms with Gasteiger partial charge in [0.15, 0.2) is 5.78 Å². The van der Waals surface area contributed by atoms with E-state index in [-0.39, 0.29) is 5.78 Å². The van der Waals surface area contributed by atoms with Crippen molar-refractivity contribution in [1.82, 2.24) is 4.98 Å². The van der Waals surface area contributed by atoms with Crippen LogP contribution < -0.4 is 0 Å². The fourth-order valence-electron chi connectivity index (χ4n) is 2.01. The standard InChI is InChI=1S/C15H17NO/c1-3-4-9-15(17)13-10-11(2)16-14-8-6-5-7-12(13)14/h5-8,10H,3-4,9H2,1-2H3. The topological polar surface area (TPSA) is 30.0 Å². The Morgan fingerprint density at radius 1 is 1.29 bits per heavy atom. The van der Waals surface area contributed by atoms with Gasteiger partial charge in [0.25, 0.3) is 0 Å². The number of unbranched alkanes of at least 4 members (excludes halogenated alkanes) is 1. The van der Waals surface area contributed by atoms with E-state index in [0.29, 0.717) is 6.42 Å². The maximum atomic E-state index is 12.1. The van der Waals surface area contributed by atoms with Crippen molar-refractivity contribution in [2.75, 3.05) is 0 Å². The number of hydrogen-bond acceptors (Lipinski definition) is 2. The van der Waals surface area contributed by atoms with Crippen LogP contribution in [-0.2, 0) is 0 Å². The van der Waals surface area contributed by atoms with Gasteiger partial charge in [-0.2, -0.15) is 0 Å². The Hall–Kier alpha value is -1.70. The van der Waals surface area contributed by atoms with Crippen molar-refractivity contribution in [1.29, 1.82) is 0 Å². The van der Waals surface area contributed by atoms with Crippen LogP contribution in [0.1, 0.15) is 42.2 Å². The van der Waals surface area contributed by atoms with Gasteiger partial charge in [0.05, 0.1) is 5.52 Å². The molecule has 1 heterocycles. The minimum Gasteiger partial charge on any atom is -0.294 e. The first-order chi connectivity index (χ1) is 8.22. The van der Waals surface area contributed by atoms with Crippen molar-refractivity contribution in [3.63, 3.8) is 0 Å². The van der Waals surface area contributed by atoms with Crippen LogP contribution in [0, 0.1) is 6.92 Å². The number of rotatable bonds is 4. The first-order valence-electron chi connectivity index (χ1n) is 6.12. The third kappa shape index (κ3) is 2.52. The highest BCUT2D eigenvalue weighted by atomic mass is 16.1. The number of aromatic nitrogens is 1. The summed E-state index contributed by atoms with van der Waals surface area (Å²) in [7, 11) is 0. The number of hydrogen-bond donors (Lipinski definition) is 0. The molecule has 17 heavy (non-hydrogen) atoms. The van der Waals surface area contributed by atoms with E-state index < -0.39 is 0 Å². The van der Waals surface area contributed by atoms with Crippen LogP contribution in [0.5, 0.6) is 0 Å². The number of para-hydroxylation sites is 1. The second-order valence-corrected chi connectivity index (χ2v) is 4.36. The van der Waals surface area contributed by atoms with Gasteiger partial charge in [-0.15, -0.1) is 0 Å². The van der Waals surface area contributed by atoms with Gasteiger partial charge < -0.3 is 0 Å². The van der Waals surface area contributed by atoms with Crippen LogP contribution in [-0.4, -0.2) is 10.8 Å². The van der Waals surface area contributed by atoms with Gasteiger partial charge in [-0.05, 0) is 25.5 Å². The molecule has 0 amide bonds. The van der Waals surface area contributed by atoms with Crippen molar-refractivity contribution >= 4 is 16.7 Å². The first-order valence-corrected chi connectivity index (χ1v) is 6.12. The highest BCUT2D eigenvalue weighted by Gasteiger charge is 2.10. The molecule has 88 valence electrons. The fourth-order valence-corrected chi connectivity index (χ4v) is 2.01. The molecule has 0 saturated carbocycles. The molecule has 0 spiro atoms. The zero-order valence-corrected chi connectivity index (χ0v) is 10.4. The Bertz CT molecular complexity index is 546. The summed E-state index contributed by atoms with van der Waals surface area (Å²) in [5.74, 6) is 0.230. The molecule has 0 unspecified atom stereocenters. The molecule has 0 saturated heterocycles. The van der Waals surface area contributed by atoms with Gasteiger partial charge in [-0.25, -0.2) is 0 Å². The normalized spacial score (nSPS) is 10.7. The average molecular weight is 227 g/mol. The number of benzene rings is 1. The van der Waals surface area contributed by atoms with E-state index in [1.807, 2.05) is 37.3 Å². The van der Waals surface area contributed by atoms with Crippen LogP contribution in [0.15, 0.2) is 30.3 Å². The Labute approximate surface area is 102 Å². The van der Waals surface area contributed by atoms with Crippen molar-refractivity contribution in [2.24, 2.45) is 0 Å². The van der Waals surface area contributed by atoms with E-state index >= 15 is 0 Å². The van der Waals surface area contributed by atoms with Crippen LogP contribution in [0.2, 0.25) is 0 Å². The lowest BCUT2D eigenvalue weighted by Gasteiger charge is -2.06. The molecule has 2 nitrogen and oxygen atoms in total. The van der Waals surface area contributed by atoms with Crippen molar-refractivity contribution < 1.29 is 4.79 Å². The van der Waals surface area contributed by atoms with Crippen LogP contribution in [0.3, 0.4) is 0 Å². The second kappa shape index (κ2) is 5.09. The number of carbonyl (C=O) groups is 1. The number of fused-ring (bicyclic) bond motifs is 1. The zero-order chi connectivity index (χ0) is 12.3. The summed E-state index contributed by atoms with van der Waals surface area (Å²) in [5.41, 5.74) is 2.64. The summed E-state index contributed by atoms with van der Waals surface area (Å²) in [6, 6.07) is 9.74. The summed E-state index contributed by atoms with van der Waals surface area (Å²) in [6.07, 6.45) is 2.63. The number of nitrogens with zero attached hydrogens (tertiary/aromatic N) is 1. The van der Waals surface area contributed by atoms with E-state index in [9.17, 15) is 4.79 Å².